The summed E-state index contributed by atoms with van der Waals surface area (Å²) in [6, 6.07) is 7.50. The van der Waals surface area contributed by atoms with Crippen LogP contribution in [0, 0.1) is 0 Å². The number of amides is 1. The molecule has 0 spiro atoms. The molecule has 2 N–H and O–H groups in total. The Labute approximate surface area is 127 Å². The van der Waals surface area contributed by atoms with Crippen LogP contribution in [-0.4, -0.2) is 37.6 Å². The molecule has 0 saturated heterocycles. The number of benzene rings is 1. The zero-order chi connectivity index (χ0) is 14.1. The number of ether oxygens (including phenoxy) is 1. The summed E-state index contributed by atoms with van der Waals surface area (Å²) in [6.07, 6.45) is 2.08. The number of unbranched alkanes of at least 4 members (excludes halogenated alkanes) is 1. The molecule has 0 radical (unpaired) electrons. The number of hydrogen-bond donors (Lipinski definition) is 1. The number of nitrogens with zero attached hydrogens (tertiary/aromatic N) is 1. The van der Waals surface area contributed by atoms with Crippen LogP contribution in [0.3, 0.4) is 0 Å². The van der Waals surface area contributed by atoms with Crippen LogP contribution >= 0.6 is 12.4 Å². The molecule has 1 aromatic rings. The lowest BCUT2D eigenvalue weighted by Crippen LogP contribution is -2.34. The van der Waals surface area contributed by atoms with Crippen LogP contribution in [0.25, 0.3) is 0 Å². The lowest BCUT2D eigenvalue weighted by molar-refractivity contribution is 0.0693. The Bertz CT molecular complexity index is 374. The summed E-state index contributed by atoms with van der Waals surface area (Å²) in [5.74, 6) is 0.0640. The monoisotopic (exact) mass is 300 g/mol. The molecule has 1 amide bonds. The van der Waals surface area contributed by atoms with E-state index < -0.39 is 0 Å². The van der Waals surface area contributed by atoms with Gasteiger partial charge in [0, 0.05) is 32.3 Å². The third kappa shape index (κ3) is 5.90. The highest BCUT2D eigenvalue weighted by atomic mass is 35.5. The molecule has 0 aliphatic carbocycles. The standard InChI is InChI=1S/C15H24N2O2.ClH/c1-3-4-9-17(10-11-19-2)15(18)14-7-5-13(12-16)6-8-14;/h5-8H,3-4,9-12,16H2,1-2H3;1H. The second-order valence-electron chi connectivity index (χ2n) is 4.54. The van der Waals surface area contributed by atoms with Crippen molar-refractivity contribution in [3.8, 4) is 0 Å². The molecule has 1 aromatic carbocycles. The van der Waals surface area contributed by atoms with Gasteiger partial charge in [0.05, 0.1) is 6.61 Å². The van der Waals surface area contributed by atoms with E-state index in [1.165, 1.54) is 0 Å². The van der Waals surface area contributed by atoms with Crippen LogP contribution in [0.1, 0.15) is 35.7 Å². The SMILES string of the molecule is CCCCN(CCOC)C(=O)c1ccc(CN)cc1.Cl. The molecule has 114 valence electrons. The van der Waals surface area contributed by atoms with Gasteiger partial charge < -0.3 is 15.4 Å². The van der Waals surface area contributed by atoms with Crippen LogP contribution in [0.2, 0.25) is 0 Å². The van der Waals surface area contributed by atoms with Crippen LogP contribution < -0.4 is 5.73 Å². The van der Waals surface area contributed by atoms with Crippen molar-refractivity contribution >= 4 is 18.3 Å². The van der Waals surface area contributed by atoms with Gasteiger partial charge in [-0.25, -0.2) is 0 Å². The summed E-state index contributed by atoms with van der Waals surface area (Å²) in [6.45, 7) is 4.59. The highest BCUT2D eigenvalue weighted by Crippen LogP contribution is 2.08. The summed E-state index contributed by atoms with van der Waals surface area (Å²) in [5, 5.41) is 0. The summed E-state index contributed by atoms with van der Waals surface area (Å²) >= 11 is 0. The first kappa shape index (κ1) is 18.9. The minimum Gasteiger partial charge on any atom is -0.383 e. The number of nitrogens with two attached hydrogens (primary N) is 1. The predicted molar refractivity (Wildman–Crippen MR) is 84.3 cm³/mol. The van der Waals surface area contributed by atoms with E-state index in [1.807, 2.05) is 29.2 Å². The number of halogens is 1. The molecule has 20 heavy (non-hydrogen) atoms. The van der Waals surface area contributed by atoms with Crippen LogP contribution in [-0.2, 0) is 11.3 Å². The fraction of sp³-hybridized carbons (Fsp3) is 0.533. The topological polar surface area (TPSA) is 55.6 Å². The second-order valence-corrected chi connectivity index (χ2v) is 4.54. The van der Waals surface area contributed by atoms with Crippen LogP contribution in [0.15, 0.2) is 24.3 Å². The van der Waals surface area contributed by atoms with Gasteiger partial charge in [-0.15, -0.1) is 12.4 Å². The van der Waals surface area contributed by atoms with E-state index in [2.05, 4.69) is 6.92 Å². The van der Waals surface area contributed by atoms with Crippen molar-refractivity contribution in [2.24, 2.45) is 5.73 Å². The maximum absolute atomic E-state index is 12.4. The van der Waals surface area contributed by atoms with Gasteiger partial charge in [0.2, 0.25) is 0 Å². The van der Waals surface area contributed by atoms with Crippen molar-refractivity contribution in [1.82, 2.24) is 4.90 Å². The number of rotatable bonds is 8. The normalized spacial score (nSPS) is 9.95. The fourth-order valence-electron chi connectivity index (χ4n) is 1.83. The second kappa shape index (κ2) is 10.7. The molecule has 0 heterocycles. The van der Waals surface area contributed by atoms with Gasteiger partial charge in [0.25, 0.3) is 5.91 Å². The number of hydrogen-bond acceptors (Lipinski definition) is 3. The highest BCUT2D eigenvalue weighted by Gasteiger charge is 2.14. The Morgan fingerprint density at radius 2 is 1.90 bits per heavy atom. The third-order valence-corrected chi connectivity index (χ3v) is 3.07. The average molecular weight is 301 g/mol. The summed E-state index contributed by atoms with van der Waals surface area (Å²) in [4.78, 5) is 14.2. The Hall–Kier alpha value is -1.10. The van der Waals surface area contributed by atoms with Gasteiger partial charge in [0.15, 0.2) is 0 Å². The van der Waals surface area contributed by atoms with Crippen LogP contribution in [0.4, 0.5) is 0 Å². The number of carbonyl (C=O) groups excluding carboxylic acids is 1. The molecule has 0 aromatic heterocycles. The molecular weight excluding hydrogens is 276 g/mol. The largest absolute Gasteiger partial charge is 0.383 e. The van der Waals surface area contributed by atoms with Crippen molar-refractivity contribution in [2.45, 2.75) is 26.3 Å². The lowest BCUT2D eigenvalue weighted by Gasteiger charge is -2.22. The van der Waals surface area contributed by atoms with Gasteiger partial charge in [-0.05, 0) is 24.1 Å². The first-order valence-electron chi connectivity index (χ1n) is 6.80. The summed E-state index contributed by atoms with van der Waals surface area (Å²) in [7, 11) is 1.65. The van der Waals surface area contributed by atoms with E-state index in [0.717, 1.165) is 24.9 Å². The number of methoxy groups -OCH3 is 1. The van der Waals surface area contributed by atoms with E-state index in [0.29, 0.717) is 25.3 Å². The van der Waals surface area contributed by atoms with Crippen molar-refractivity contribution in [1.29, 1.82) is 0 Å². The number of carbonyl (C=O) groups is 1. The predicted octanol–water partition coefficient (Wildman–Crippen LogP) is 2.46. The smallest absolute Gasteiger partial charge is 0.253 e. The molecule has 4 nitrogen and oxygen atoms in total. The van der Waals surface area contributed by atoms with Gasteiger partial charge in [0.1, 0.15) is 0 Å². The molecule has 0 saturated carbocycles. The van der Waals surface area contributed by atoms with E-state index in [4.69, 9.17) is 10.5 Å². The Morgan fingerprint density at radius 3 is 2.40 bits per heavy atom. The first-order chi connectivity index (χ1) is 9.22. The van der Waals surface area contributed by atoms with Crippen molar-refractivity contribution in [3.05, 3.63) is 35.4 Å². The van der Waals surface area contributed by atoms with E-state index in [9.17, 15) is 4.79 Å². The van der Waals surface area contributed by atoms with Crippen molar-refractivity contribution in [3.63, 3.8) is 0 Å². The maximum atomic E-state index is 12.4. The molecule has 5 heteroatoms. The van der Waals surface area contributed by atoms with E-state index in [-0.39, 0.29) is 18.3 Å². The minimum atomic E-state index is 0. The lowest BCUT2D eigenvalue weighted by atomic mass is 10.1. The highest BCUT2D eigenvalue weighted by molar-refractivity contribution is 5.94. The van der Waals surface area contributed by atoms with Crippen LogP contribution in [0.5, 0.6) is 0 Å². The summed E-state index contributed by atoms with van der Waals surface area (Å²) in [5.41, 5.74) is 7.30. The molecular formula is C15H25ClN2O2. The Kier molecular flexibility index (Phi) is 10.1. The summed E-state index contributed by atoms with van der Waals surface area (Å²) < 4.78 is 5.06. The zero-order valence-corrected chi connectivity index (χ0v) is 13.1. The first-order valence-corrected chi connectivity index (χ1v) is 6.80. The molecule has 0 bridgehead atoms. The molecule has 0 aliphatic heterocycles. The van der Waals surface area contributed by atoms with Crippen molar-refractivity contribution in [2.75, 3.05) is 26.8 Å². The maximum Gasteiger partial charge on any atom is 0.253 e. The zero-order valence-electron chi connectivity index (χ0n) is 12.3. The van der Waals surface area contributed by atoms with Gasteiger partial charge in [-0.3, -0.25) is 4.79 Å². The molecule has 1 rings (SSSR count). The Balaban J connectivity index is 0.00000361. The average Bonchev–Trinajstić information content (AvgIpc) is 2.47. The van der Waals surface area contributed by atoms with Gasteiger partial charge >= 0.3 is 0 Å². The quantitative estimate of drug-likeness (QED) is 0.802. The molecule has 0 unspecified atom stereocenters. The minimum absolute atomic E-state index is 0. The van der Waals surface area contributed by atoms with E-state index in [1.54, 1.807) is 7.11 Å². The third-order valence-electron chi connectivity index (χ3n) is 3.07. The molecule has 0 fully saturated rings. The van der Waals surface area contributed by atoms with Gasteiger partial charge in [-0.2, -0.15) is 0 Å². The van der Waals surface area contributed by atoms with E-state index >= 15 is 0 Å². The fourth-order valence-corrected chi connectivity index (χ4v) is 1.83. The van der Waals surface area contributed by atoms with Crippen molar-refractivity contribution < 1.29 is 9.53 Å². The Morgan fingerprint density at radius 1 is 1.25 bits per heavy atom. The molecule has 0 atom stereocenters. The van der Waals surface area contributed by atoms with Gasteiger partial charge in [-0.1, -0.05) is 25.5 Å². The molecule has 0 aliphatic rings.